The van der Waals surface area contributed by atoms with Crippen LogP contribution in [0, 0.1) is 0 Å². The molecule has 0 bridgehead atoms. The van der Waals surface area contributed by atoms with Crippen LogP contribution in [0.5, 0.6) is 0 Å². The van der Waals surface area contributed by atoms with E-state index in [1.54, 1.807) is 0 Å². The van der Waals surface area contributed by atoms with Crippen molar-refractivity contribution in [3.63, 3.8) is 0 Å². The Morgan fingerprint density at radius 2 is 1.63 bits per heavy atom. The fourth-order valence-electron chi connectivity index (χ4n) is 2.13. The first-order valence-corrected chi connectivity index (χ1v) is 17.0. The molecule has 0 N–H and O–H groups in total. The zero-order valence-electron chi connectivity index (χ0n) is 12.2. The van der Waals surface area contributed by atoms with Crippen molar-refractivity contribution in [3.8, 4) is 0 Å². The number of rotatable bonds is 5. The molecular formula is C17H23NSn. The van der Waals surface area contributed by atoms with Crippen LogP contribution in [-0.4, -0.2) is 23.4 Å². The fraction of sp³-hybridized carbons (Fsp3) is 0.353. The van der Waals surface area contributed by atoms with Crippen LogP contribution in [-0.2, 0) is 12.8 Å². The van der Waals surface area contributed by atoms with E-state index in [9.17, 15) is 0 Å². The van der Waals surface area contributed by atoms with Gasteiger partial charge < -0.3 is 0 Å². The molecule has 0 amide bonds. The van der Waals surface area contributed by atoms with E-state index in [1.807, 2.05) is 0 Å². The van der Waals surface area contributed by atoms with Gasteiger partial charge in [-0.15, -0.1) is 0 Å². The van der Waals surface area contributed by atoms with Gasteiger partial charge in [-0.25, -0.2) is 0 Å². The number of benzene rings is 1. The number of pyridine rings is 1. The first-order valence-electron chi connectivity index (χ1n) is 7.05. The molecule has 100 valence electrons. The summed E-state index contributed by atoms with van der Waals surface area (Å²) in [5, 5.41) is 0. The van der Waals surface area contributed by atoms with Gasteiger partial charge in [0.05, 0.1) is 0 Å². The van der Waals surface area contributed by atoms with Gasteiger partial charge in [0.25, 0.3) is 0 Å². The maximum absolute atomic E-state index is 4.63. The summed E-state index contributed by atoms with van der Waals surface area (Å²) in [6.07, 6.45) is 5.51. The standard InChI is InChI=1S/C14H14N.3CH3.Sn/c1-2-7-13(8-3-1)9-6-11-14-10-4-5-12-15-14;;;;/h1-4,7-8,10,12H,6,9,11H2;3*1H3;. The van der Waals surface area contributed by atoms with Gasteiger partial charge in [0, 0.05) is 0 Å². The van der Waals surface area contributed by atoms with Gasteiger partial charge in [0.1, 0.15) is 0 Å². The van der Waals surface area contributed by atoms with Crippen molar-refractivity contribution in [2.75, 3.05) is 0 Å². The monoisotopic (exact) mass is 361 g/mol. The van der Waals surface area contributed by atoms with Gasteiger partial charge in [-0.3, -0.25) is 0 Å². The van der Waals surface area contributed by atoms with Gasteiger partial charge >= 0.3 is 121 Å². The molecule has 2 heteroatoms. The van der Waals surface area contributed by atoms with E-state index in [4.69, 9.17) is 0 Å². The summed E-state index contributed by atoms with van der Waals surface area (Å²) >= 11 is -1.92. The number of nitrogens with zero attached hydrogens (tertiary/aromatic N) is 1. The van der Waals surface area contributed by atoms with Crippen molar-refractivity contribution in [2.45, 2.75) is 34.1 Å². The number of hydrogen-bond donors (Lipinski definition) is 0. The van der Waals surface area contributed by atoms with Crippen molar-refractivity contribution in [1.29, 1.82) is 0 Å². The van der Waals surface area contributed by atoms with E-state index in [1.165, 1.54) is 21.3 Å². The second kappa shape index (κ2) is 6.55. The molecule has 0 radical (unpaired) electrons. The van der Waals surface area contributed by atoms with Gasteiger partial charge in [-0.2, -0.15) is 0 Å². The van der Waals surface area contributed by atoms with Crippen molar-refractivity contribution in [3.05, 3.63) is 59.9 Å². The van der Waals surface area contributed by atoms with Crippen molar-refractivity contribution in [2.24, 2.45) is 0 Å². The summed E-state index contributed by atoms with van der Waals surface area (Å²) in [7, 11) is 0. The Bertz CT molecular complexity index is 497. The molecule has 0 aliphatic rings. The third kappa shape index (κ3) is 4.64. The molecule has 1 aromatic heterocycles. The number of aryl methyl sites for hydroxylation is 2. The van der Waals surface area contributed by atoms with Gasteiger partial charge in [-0.1, -0.05) is 0 Å². The Morgan fingerprint density at radius 3 is 2.21 bits per heavy atom. The van der Waals surface area contributed by atoms with E-state index in [0.29, 0.717) is 0 Å². The van der Waals surface area contributed by atoms with E-state index in [0.717, 1.165) is 12.8 Å². The first-order chi connectivity index (χ1) is 9.05. The van der Waals surface area contributed by atoms with Crippen molar-refractivity contribution >= 4 is 22.0 Å². The molecular weight excluding hydrogens is 337 g/mol. The van der Waals surface area contributed by atoms with Crippen LogP contribution in [0.2, 0.25) is 14.8 Å². The molecule has 0 saturated heterocycles. The average molecular weight is 360 g/mol. The third-order valence-corrected chi connectivity index (χ3v) is 9.22. The fourth-order valence-corrected chi connectivity index (χ4v) is 5.09. The van der Waals surface area contributed by atoms with Crippen LogP contribution in [0.4, 0.5) is 0 Å². The van der Waals surface area contributed by atoms with Crippen LogP contribution in [0.1, 0.15) is 17.7 Å². The topological polar surface area (TPSA) is 12.9 Å². The Hall–Kier alpha value is -0.831. The summed E-state index contributed by atoms with van der Waals surface area (Å²) < 4.78 is 1.51. The third-order valence-electron chi connectivity index (χ3n) is 3.43. The van der Waals surface area contributed by atoms with E-state index < -0.39 is 18.4 Å². The van der Waals surface area contributed by atoms with E-state index in [-0.39, 0.29) is 0 Å². The Labute approximate surface area is 121 Å². The molecule has 2 aromatic rings. The molecule has 0 fully saturated rings. The van der Waals surface area contributed by atoms with Gasteiger partial charge in [-0.05, 0) is 0 Å². The molecule has 0 unspecified atom stereocenters. The summed E-state index contributed by atoms with van der Waals surface area (Å²) in [5.74, 6) is 0. The Morgan fingerprint density at radius 1 is 0.895 bits per heavy atom. The van der Waals surface area contributed by atoms with Crippen LogP contribution in [0.15, 0.2) is 48.7 Å². The van der Waals surface area contributed by atoms with Crippen LogP contribution in [0.3, 0.4) is 0 Å². The van der Waals surface area contributed by atoms with Crippen LogP contribution < -0.4 is 3.58 Å². The molecule has 0 spiro atoms. The first kappa shape index (κ1) is 14.6. The van der Waals surface area contributed by atoms with Gasteiger partial charge in [0.2, 0.25) is 0 Å². The SMILES string of the molecule is [CH3][Sn]([CH3])([CH3])[c]1ccc(CCCc2ccccc2)nc1. The van der Waals surface area contributed by atoms with Crippen LogP contribution >= 0.6 is 0 Å². The molecule has 0 aliphatic heterocycles. The second-order valence-corrected chi connectivity index (χ2v) is 20.6. The maximum atomic E-state index is 4.63. The van der Waals surface area contributed by atoms with Crippen molar-refractivity contribution in [1.82, 2.24) is 4.98 Å². The molecule has 1 nitrogen and oxygen atoms in total. The summed E-state index contributed by atoms with van der Waals surface area (Å²) in [5.41, 5.74) is 2.65. The summed E-state index contributed by atoms with van der Waals surface area (Å²) in [4.78, 5) is 11.9. The predicted molar refractivity (Wildman–Crippen MR) is 85.7 cm³/mol. The second-order valence-electron chi connectivity index (χ2n) is 6.13. The Balaban J connectivity index is 1.87. The number of hydrogen-bond acceptors (Lipinski definition) is 1. The zero-order valence-corrected chi connectivity index (χ0v) is 15.0. The minimum absolute atomic E-state index is 1.08. The molecule has 2 rings (SSSR count). The minimum atomic E-state index is -1.92. The number of aromatic nitrogens is 1. The van der Waals surface area contributed by atoms with E-state index >= 15 is 0 Å². The predicted octanol–water partition coefficient (Wildman–Crippen LogP) is 3.80. The molecule has 0 aliphatic carbocycles. The molecule has 0 atom stereocenters. The van der Waals surface area contributed by atoms with Crippen molar-refractivity contribution < 1.29 is 0 Å². The normalized spacial score (nSPS) is 11.5. The van der Waals surface area contributed by atoms with Crippen LogP contribution in [0.25, 0.3) is 0 Å². The summed E-state index contributed by atoms with van der Waals surface area (Å²) in [6.45, 7) is 0. The quantitative estimate of drug-likeness (QED) is 0.740. The molecule has 1 aromatic carbocycles. The van der Waals surface area contributed by atoms with E-state index in [2.05, 4.69) is 68.5 Å². The zero-order chi connectivity index (χ0) is 13.7. The molecule has 0 saturated carbocycles. The average Bonchev–Trinajstić information content (AvgIpc) is 2.39. The molecule has 19 heavy (non-hydrogen) atoms. The summed E-state index contributed by atoms with van der Waals surface area (Å²) in [6, 6.07) is 15.2. The van der Waals surface area contributed by atoms with Gasteiger partial charge in [0.15, 0.2) is 0 Å². The molecule has 1 heterocycles. The Kier molecular flexibility index (Phi) is 5.03.